The maximum Gasteiger partial charge on any atom is 0.228 e. The summed E-state index contributed by atoms with van der Waals surface area (Å²) in [4.78, 5) is 4.88. The second kappa shape index (κ2) is 4.92. The van der Waals surface area contributed by atoms with E-state index in [-0.39, 0.29) is 5.96 Å². The Labute approximate surface area is 66.7 Å². The van der Waals surface area contributed by atoms with Crippen LogP contribution >= 0.6 is 0 Å². The number of hydrogen-bond acceptors (Lipinski definition) is 3. The molecule has 0 aromatic rings. The van der Waals surface area contributed by atoms with E-state index < -0.39 is 0 Å². The Morgan fingerprint density at radius 2 is 2.18 bits per heavy atom. The Morgan fingerprint density at radius 3 is 2.55 bits per heavy atom. The van der Waals surface area contributed by atoms with Gasteiger partial charge in [-0.3, -0.25) is 10.2 Å². The van der Waals surface area contributed by atoms with Crippen LogP contribution in [0.3, 0.4) is 0 Å². The average molecular weight is 160 g/mol. The normalized spacial score (nSPS) is 10.2. The van der Waals surface area contributed by atoms with Gasteiger partial charge in [0.1, 0.15) is 0 Å². The van der Waals surface area contributed by atoms with Gasteiger partial charge in [-0.25, -0.2) is 5.84 Å². The first-order chi connectivity index (χ1) is 5.04. The van der Waals surface area contributed by atoms with E-state index in [1.807, 2.05) is 0 Å². The number of hydrogen-bond donors (Lipinski definition) is 3. The summed E-state index contributed by atoms with van der Waals surface area (Å²) in [7, 11) is 0. The molecule has 0 saturated heterocycles. The number of guanidine groups is 1. The van der Waals surface area contributed by atoms with Crippen molar-refractivity contribution >= 4 is 5.96 Å². The SMILES string of the molecule is CC(C)CCON(N)C(=N)N. The zero-order valence-corrected chi connectivity index (χ0v) is 7.00. The minimum atomic E-state index is -0.284. The number of hydroxylamine groups is 1. The quantitative estimate of drug-likeness (QED) is 0.234. The molecule has 0 fully saturated rings. The van der Waals surface area contributed by atoms with E-state index in [1.165, 1.54) is 0 Å². The molecule has 0 atom stereocenters. The summed E-state index contributed by atoms with van der Waals surface area (Å²) in [6.45, 7) is 4.66. The topological polar surface area (TPSA) is 88.4 Å². The van der Waals surface area contributed by atoms with Crippen LogP contribution in [-0.2, 0) is 4.84 Å². The van der Waals surface area contributed by atoms with Crippen LogP contribution in [-0.4, -0.2) is 17.7 Å². The fourth-order valence-electron chi connectivity index (χ4n) is 0.456. The Bertz CT molecular complexity index is 126. The zero-order valence-electron chi connectivity index (χ0n) is 7.00. The Hall–Kier alpha value is -0.810. The molecule has 0 rings (SSSR count). The van der Waals surface area contributed by atoms with Crippen LogP contribution in [0, 0.1) is 11.3 Å². The van der Waals surface area contributed by atoms with Crippen molar-refractivity contribution in [1.82, 2.24) is 5.17 Å². The van der Waals surface area contributed by atoms with Crippen LogP contribution in [0.25, 0.3) is 0 Å². The number of hydrazine groups is 1. The molecule has 5 nitrogen and oxygen atoms in total. The van der Waals surface area contributed by atoms with E-state index in [9.17, 15) is 0 Å². The molecular weight excluding hydrogens is 144 g/mol. The van der Waals surface area contributed by atoms with Gasteiger partial charge in [0, 0.05) is 0 Å². The van der Waals surface area contributed by atoms with Gasteiger partial charge >= 0.3 is 0 Å². The predicted octanol–water partition coefficient (Wildman–Crippen LogP) is 0.0333. The maximum atomic E-state index is 6.84. The molecule has 0 aliphatic rings. The highest BCUT2D eigenvalue weighted by molar-refractivity contribution is 5.72. The van der Waals surface area contributed by atoms with E-state index in [0.717, 1.165) is 11.6 Å². The highest BCUT2D eigenvalue weighted by atomic mass is 16.7. The second-order valence-corrected chi connectivity index (χ2v) is 2.73. The van der Waals surface area contributed by atoms with Gasteiger partial charge in [0.25, 0.3) is 0 Å². The molecular formula is C6H16N4O. The van der Waals surface area contributed by atoms with Crippen molar-refractivity contribution in [2.75, 3.05) is 6.61 Å². The maximum absolute atomic E-state index is 6.84. The summed E-state index contributed by atoms with van der Waals surface area (Å²) in [5.41, 5.74) is 5.01. The summed E-state index contributed by atoms with van der Waals surface area (Å²) < 4.78 is 0. The molecule has 0 aliphatic carbocycles. The fraction of sp³-hybridized carbons (Fsp3) is 0.833. The van der Waals surface area contributed by atoms with E-state index in [4.69, 9.17) is 21.8 Å². The zero-order chi connectivity index (χ0) is 8.85. The smallest absolute Gasteiger partial charge is 0.228 e. The first-order valence-electron chi connectivity index (χ1n) is 3.55. The summed E-state index contributed by atoms with van der Waals surface area (Å²) in [6.07, 6.45) is 0.904. The minimum Gasteiger partial charge on any atom is -0.367 e. The first kappa shape index (κ1) is 10.2. The van der Waals surface area contributed by atoms with Crippen molar-refractivity contribution in [2.24, 2.45) is 17.5 Å². The van der Waals surface area contributed by atoms with Gasteiger partial charge in [-0.2, -0.15) is 5.17 Å². The number of nitrogens with one attached hydrogen (secondary N) is 1. The fourth-order valence-corrected chi connectivity index (χ4v) is 0.456. The Balaban J connectivity index is 3.31. The largest absolute Gasteiger partial charge is 0.367 e. The molecule has 0 radical (unpaired) electrons. The van der Waals surface area contributed by atoms with E-state index in [1.54, 1.807) is 0 Å². The lowest BCUT2D eigenvalue weighted by Crippen LogP contribution is -2.42. The van der Waals surface area contributed by atoms with Gasteiger partial charge in [0.2, 0.25) is 5.96 Å². The summed E-state index contributed by atoms with van der Waals surface area (Å²) in [5.74, 6) is 5.45. The van der Waals surface area contributed by atoms with Gasteiger partial charge in [0.05, 0.1) is 6.61 Å². The summed E-state index contributed by atoms with van der Waals surface area (Å²) >= 11 is 0. The predicted molar refractivity (Wildman–Crippen MR) is 43.3 cm³/mol. The van der Waals surface area contributed by atoms with Crippen LogP contribution in [0.5, 0.6) is 0 Å². The van der Waals surface area contributed by atoms with Crippen molar-refractivity contribution in [3.63, 3.8) is 0 Å². The minimum absolute atomic E-state index is 0.284. The number of nitrogens with two attached hydrogens (primary N) is 2. The van der Waals surface area contributed by atoms with Gasteiger partial charge in [-0.15, -0.1) is 0 Å². The van der Waals surface area contributed by atoms with E-state index in [0.29, 0.717) is 12.5 Å². The van der Waals surface area contributed by atoms with Crippen molar-refractivity contribution in [3.05, 3.63) is 0 Å². The molecule has 0 spiro atoms. The number of rotatable bonds is 4. The van der Waals surface area contributed by atoms with Crippen LogP contribution in [0.1, 0.15) is 20.3 Å². The average Bonchev–Trinajstić information content (AvgIpc) is 1.86. The van der Waals surface area contributed by atoms with Gasteiger partial charge < -0.3 is 5.73 Å². The molecule has 0 aromatic carbocycles. The molecule has 0 heterocycles. The standard InChI is InChI=1S/C6H16N4O/c1-5(2)3-4-11-10(9)6(7)8/h5H,3-4,9H2,1-2H3,(H3,7,8). The van der Waals surface area contributed by atoms with Crippen molar-refractivity contribution in [2.45, 2.75) is 20.3 Å². The van der Waals surface area contributed by atoms with Crippen LogP contribution in [0.4, 0.5) is 0 Å². The summed E-state index contributed by atoms with van der Waals surface area (Å²) in [6, 6.07) is 0. The van der Waals surface area contributed by atoms with Crippen LogP contribution < -0.4 is 11.6 Å². The van der Waals surface area contributed by atoms with Gasteiger partial charge in [-0.05, 0) is 12.3 Å². The molecule has 0 aromatic heterocycles. The Kier molecular flexibility index (Phi) is 4.56. The molecule has 0 saturated carbocycles. The van der Waals surface area contributed by atoms with Crippen molar-refractivity contribution in [1.29, 1.82) is 5.41 Å². The third-order valence-electron chi connectivity index (χ3n) is 1.16. The van der Waals surface area contributed by atoms with Crippen LogP contribution in [0.2, 0.25) is 0 Å². The lowest BCUT2D eigenvalue weighted by atomic mass is 10.1. The monoisotopic (exact) mass is 160 g/mol. The molecule has 0 bridgehead atoms. The number of nitrogens with zero attached hydrogens (tertiary/aromatic N) is 1. The molecule has 5 N–H and O–H groups in total. The van der Waals surface area contributed by atoms with Crippen LogP contribution in [0.15, 0.2) is 0 Å². The van der Waals surface area contributed by atoms with Gasteiger partial charge in [0.15, 0.2) is 0 Å². The van der Waals surface area contributed by atoms with E-state index in [2.05, 4.69) is 13.8 Å². The first-order valence-corrected chi connectivity index (χ1v) is 3.55. The summed E-state index contributed by atoms with van der Waals surface area (Å²) in [5, 5.41) is 7.61. The molecule has 11 heavy (non-hydrogen) atoms. The lowest BCUT2D eigenvalue weighted by Gasteiger charge is -2.15. The van der Waals surface area contributed by atoms with Crippen molar-refractivity contribution < 1.29 is 4.84 Å². The molecule has 66 valence electrons. The third-order valence-corrected chi connectivity index (χ3v) is 1.16. The van der Waals surface area contributed by atoms with Crippen molar-refractivity contribution in [3.8, 4) is 0 Å². The highest BCUT2D eigenvalue weighted by Gasteiger charge is 2.00. The molecule has 0 amide bonds. The van der Waals surface area contributed by atoms with Gasteiger partial charge in [-0.1, -0.05) is 13.8 Å². The molecule has 0 unspecified atom stereocenters. The lowest BCUT2D eigenvalue weighted by molar-refractivity contribution is -0.106. The molecule has 5 heteroatoms. The highest BCUT2D eigenvalue weighted by Crippen LogP contribution is 1.98. The third kappa shape index (κ3) is 5.63. The molecule has 0 aliphatic heterocycles. The second-order valence-electron chi connectivity index (χ2n) is 2.73. The Morgan fingerprint density at radius 1 is 1.64 bits per heavy atom. The van der Waals surface area contributed by atoms with E-state index >= 15 is 0 Å².